The van der Waals surface area contributed by atoms with Crippen molar-refractivity contribution >= 4 is 22.5 Å². The summed E-state index contributed by atoms with van der Waals surface area (Å²) in [4.78, 5) is 13.6. The van der Waals surface area contributed by atoms with E-state index in [0.717, 1.165) is 41.0 Å². The van der Waals surface area contributed by atoms with E-state index in [1.165, 1.54) is 0 Å². The number of benzene rings is 1. The number of hydrogen-bond acceptors (Lipinski definition) is 7. The first-order chi connectivity index (χ1) is 16.1. The predicted molar refractivity (Wildman–Crippen MR) is 138 cm³/mol. The molecule has 1 aliphatic carbocycles. The molecule has 180 valence electrons. The van der Waals surface area contributed by atoms with Crippen LogP contribution in [0.5, 0.6) is 5.75 Å². The van der Waals surface area contributed by atoms with Crippen LogP contribution in [0.25, 0.3) is 22.2 Å². The highest BCUT2D eigenvalue weighted by Gasteiger charge is 2.33. The smallest absolute Gasteiger partial charge is 0.153 e. The molecule has 1 atom stereocenters. The van der Waals surface area contributed by atoms with Gasteiger partial charge in [-0.05, 0) is 26.2 Å². The molecule has 3 aromatic rings. The van der Waals surface area contributed by atoms with Crippen molar-refractivity contribution in [3.63, 3.8) is 0 Å². The molecule has 2 heterocycles. The van der Waals surface area contributed by atoms with Gasteiger partial charge >= 0.3 is 0 Å². The van der Waals surface area contributed by atoms with Crippen LogP contribution in [0.2, 0.25) is 5.02 Å². The van der Waals surface area contributed by atoms with Crippen molar-refractivity contribution < 1.29 is 4.74 Å². The lowest BCUT2D eigenvalue weighted by molar-refractivity contribution is 0.325. The monoisotopic (exact) mass is 481 g/mol. The van der Waals surface area contributed by atoms with Crippen LogP contribution in [0.1, 0.15) is 12.2 Å². The number of rotatable bonds is 7. The molecule has 1 aromatic carbocycles. The van der Waals surface area contributed by atoms with Crippen molar-refractivity contribution in [2.45, 2.75) is 12.0 Å². The zero-order chi connectivity index (χ0) is 24.6. The summed E-state index contributed by atoms with van der Waals surface area (Å²) in [5.74, 6) is 1.26. The SMILES string of the molecule is COc1cccc2c(-c3nc(C4(N)C=CC(N(C)CCN(C)C)=C(N)C4)ncc3Cl)cn(C)c12. The van der Waals surface area contributed by atoms with Crippen molar-refractivity contribution in [1.29, 1.82) is 0 Å². The summed E-state index contributed by atoms with van der Waals surface area (Å²) in [5, 5.41) is 1.44. The van der Waals surface area contributed by atoms with Gasteiger partial charge < -0.3 is 30.6 Å². The highest BCUT2D eigenvalue weighted by molar-refractivity contribution is 6.33. The molecule has 0 aliphatic heterocycles. The van der Waals surface area contributed by atoms with Crippen molar-refractivity contribution in [3.8, 4) is 17.0 Å². The first kappa shape index (κ1) is 24.1. The molecule has 1 unspecified atom stereocenters. The van der Waals surface area contributed by atoms with Gasteiger partial charge in [0, 0.05) is 62.6 Å². The summed E-state index contributed by atoms with van der Waals surface area (Å²) in [6, 6.07) is 5.92. The molecule has 0 fully saturated rings. The van der Waals surface area contributed by atoms with Gasteiger partial charge in [0.2, 0.25) is 0 Å². The Balaban J connectivity index is 1.70. The molecule has 0 radical (unpaired) electrons. The second kappa shape index (κ2) is 9.29. The number of halogens is 1. The largest absolute Gasteiger partial charge is 0.495 e. The number of aryl methyl sites for hydroxylation is 1. The average molecular weight is 482 g/mol. The summed E-state index contributed by atoms with van der Waals surface area (Å²) in [7, 11) is 9.77. The molecular formula is C25H32ClN7O. The Hall–Kier alpha value is -3.07. The van der Waals surface area contributed by atoms with Gasteiger partial charge in [-0.25, -0.2) is 9.97 Å². The molecule has 0 saturated heterocycles. The molecule has 0 amide bonds. The number of aromatic nitrogens is 3. The fourth-order valence-corrected chi connectivity index (χ4v) is 4.55. The molecule has 1 aliphatic rings. The number of allylic oxidation sites excluding steroid dienone is 1. The fraction of sp³-hybridized carbons (Fsp3) is 0.360. The van der Waals surface area contributed by atoms with E-state index in [2.05, 4.69) is 28.9 Å². The number of ether oxygens (including phenoxy) is 1. The molecule has 4 rings (SSSR count). The highest BCUT2D eigenvalue weighted by atomic mass is 35.5. The lowest BCUT2D eigenvalue weighted by Gasteiger charge is -2.32. The Morgan fingerprint density at radius 2 is 2.00 bits per heavy atom. The van der Waals surface area contributed by atoms with E-state index >= 15 is 0 Å². The third kappa shape index (κ3) is 4.36. The molecule has 0 saturated carbocycles. The minimum Gasteiger partial charge on any atom is -0.495 e. The number of para-hydroxylation sites is 1. The van der Waals surface area contributed by atoms with E-state index in [0.29, 0.717) is 28.7 Å². The van der Waals surface area contributed by atoms with E-state index in [-0.39, 0.29) is 0 Å². The van der Waals surface area contributed by atoms with Crippen molar-refractivity contribution in [2.75, 3.05) is 41.3 Å². The van der Waals surface area contributed by atoms with E-state index in [9.17, 15) is 0 Å². The molecule has 34 heavy (non-hydrogen) atoms. The van der Waals surface area contributed by atoms with E-state index in [1.807, 2.05) is 55.2 Å². The molecule has 0 spiro atoms. The van der Waals surface area contributed by atoms with Crippen molar-refractivity contribution in [2.24, 2.45) is 18.5 Å². The summed E-state index contributed by atoms with van der Waals surface area (Å²) >= 11 is 6.58. The van der Waals surface area contributed by atoms with E-state index in [1.54, 1.807) is 13.3 Å². The normalized spacial score (nSPS) is 18.2. The highest BCUT2D eigenvalue weighted by Crippen LogP contribution is 2.38. The van der Waals surface area contributed by atoms with Gasteiger partial charge in [-0.1, -0.05) is 29.8 Å². The Morgan fingerprint density at radius 3 is 2.68 bits per heavy atom. The number of nitrogens with two attached hydrogens (primary N) is 2. The number of methoxy groups -OCH3 is 1. The van der Waals surface area contributed by atoms with Crippen LogP contribution in [0.3, 0.4) is 0 Å². The summed E-state index contributed by atoms with van der Waals surface area (Å²) in [5.41, 5.74) is 16.5. The van der Waals surface area contributed by atoms with Gasteiger partial charge in [-0.3, -0.25) is 0 Å². The quantitative estimate of drug-likeness (QED) is 0.535. The third-order valence-corrected chi connectivity index (χ3v) is 6.52. The topological polar surface area (TPSA) is 98.5 Å². The number of nitrogens with zero attached hydrogens (tertiary/aromatic N) is 5. The van der Waals surface area contributed by atoms with Crippen molar-refractivity contribution in [1.82, 2.24) is 24.3 Å². The van der Waals surface area contributed by atoms with Crippen LogP contribution in [0.4, 0.5) is 0 Å². The molecule has 8 nitrogen and oxygen atoms in total. The Morgan fingerprint density at radius 1 is 1.24 bits per heavy atom. The Kier molecular flexibility index (Phi) is 6.58. The van der Waals surface area contributed by atoms with E-state index < -0.39 is 5.54 Å². The van der Waals surface area contributed by atoms with Crippen LogP contribution in [-0.4, -0.2) is 65.7 Å². The number of hydrogen-bond donors (Lipinski definition) is 2. The second-order valence-electron chi connectivity index (χ2n) is 9.09. The zero-order valence-electron chi connectivity index (χ0n) is 20.3. The van der Waals surface area contributed by atoms with Crippen LogP contribution >= 0.6 is 11.6 Å². The summed E-state index contributed by atoms with van der Waals surface area (Å²) < 4.78 is 7.56. The Labute approximate surface area is 205 Å². The summed E-state index contributed by atoms with van der Waals surface area (Å²) in [6.07, 6.45) is 7.92. The minimum absolute atomic E-state index is 0.412. The van der Waals surface area contributed by atoms with Crippen LogP contribution in [-0.2, 0) is 12.6 Å². The van der Waals surface area contributed by atoms with Crippen molar-refractivity contribution in [3.05, 3.63) is 65.0 Å². The lowest BCUT2D eigenvalue weighted by atomic mass is 9.88. The van der Waals surface area contributed by atoms with Crippen LogP contribution < -0.4 is 16.2 Å². The van der Waals surface area contributed by atoms with Gasteiger partial charge in [0.05, 0.1) is 29.0 Å². The van der Waals surface area contributed by atoms with Gasteiger partial charge in [0.1, 0.15) is 11.3 Å². The minimum atomic E-state index is -0.933. The third-order valence-electron chi connectivity index (χ3n) is 6.24. The lowest BCUT2D eigenvalue weighted by Crippen LogP contribution is -2.41. The second-order valence-corrected chi connectivity index (χ2v) is 9.49. The maximum absolute atomic E-state index is 6.79. The van der Waals surface area contributed by atoms with Gasteiger partial charge in [0.15, 0.2) is 5.82 Å². The predicted octanol–water partition coefficient (Wildman–Crippen LogP) is 3.07. The maximum Gasteiger partial charge on any atom is 0.153 e. The summed E-state index contributed by atoms with van der Waals surface area (Å²) in [6.45, 7) is 1.78. The van der Waals surface area contributed by atoms with Crippen LogP contribution in [0, 0.1) is 0 Å². The van der Waals surface area contributed by atoms with Gasteiger partial charge in [0.25, 0.3) is 0 Å². The molecule has 2 aromatic heterocycles. The van der Waals surface area contributed by atoms with Gasteiger partial charge in [-0.2, -0.15) is 0 Å². The van der Waals surface area contributed by atoms with Gasteiger partial charge in [-0.15, -0.1) is 0 Å². The standard InChI is InChI=1S/C25H32ClN7O/c1-31(2)11-12-32(3)20-9-10-25(28,13-19(20)27)24-29-14-18(26)22(30-24)17-15-33(4)23-16(17)7-6-8-21(23)34-5/h6-10,14-15H,11-13,27-28H2,1-5H3. The molecule has 9 heteroatoms. The van der Waals surface area contributed by atoms with E-state index in [4.69, 9.17) is 32.8 Å². The molecule has 0 bridgehead atoms. The zero-order valence-corrected chi connectivity index (χ0v) is 21.1. The maximum atomic E-state index is 6.79. The number of likely N-dealkylation sites (N-methyl/N-ethyl adjacent to an activating group) is 2. The Bertz CT molecular complexity index is 1280. The molecular weight excluding hydrogens is 450 g/mol. The fourth-order valence-electron chi connectivity index (χ4n) is 4.36. The molecule has 4 N–H and O–H groups in total. The van der Waals surface area contributed by atoms with Crippen LogP contribution in [0.15, 0.2) is 54.1 Å². The average Bonchev–Trinajstić information content (AvgIpc) is 3.14. The number of fused-ring (bicyclic) bond motifs is 1. The first-order valence-electron chi connectivity index (χ1n) is 11.1. The first-order valence-corrected chi connectivity index (χ1v) is 11.5.